The second-order valence-electron chi connectivity index (χ2n) is 6.89. The Labute approximate surface area is 184 Å². The van der Waals surface area contributed by atoms with E-state index in [0.29, 0.717) is 10.7 Å². The van der Waals surface area contributed by atoms with Crippen LogP contribution in [-0.4, -0.2) is 30.8 Å². The lowest BCUT2D eigenvalue weighted by molar-refractivity contribution is -0.118. The number of benzene rings is 2. The highest BCUT2D eigenvalue weighted by molar-refractivity contribution is 7.98. The number of anilines is 2. The highest BCUT2D eigenvalue weighted by atomic mass is 32.2. The first-order valence-electron chi connectivity index (χ1n) is 9.12. The normalized spacial score (nSPS) is 11.5. The van der Waals surface area contributed by atoms with E-state index in [1.807, 2.05) is 37.4 Å². The van der Waals surface area contributed by atoms with Crippen LogP contribution in [0.2, 0.25) is 0 Å². The Morgan fingerprint density at radius 3 is 2.43 bits per heavy atom. The van der Waals surface area contributed by atoms with Crippen molar-refractivity contribution in [3.8, 4) is 10.6 Å². The van der Waals surface area contributed by atoms with Gasteiger partial charge in [-0.1, -0.05) is 55.0 Å². The zero-order valence-corrected chi connectivity index (χ0v) is 19.4. The molecule has 0 aliphatic rings. The van der Waals surface area contributed by atoms with E-state index in [1.54, 1.807) is 19.9 Å². The molecule has 0 spiro atoms. The summed E-state index contributed by atoms with van der Waals surface area (Å²) in [6.45, 7) is 5.54. The van der Waals surface area contributed by atoms with Crippen molar-refractivity contribution in [1.29, 1.82) is 0 Å². The van der Waals surface area contributed by atoms with Gasteiger partial charge in [0.05, 0.1) is 10.6 Å². The van der Waals surface area contributed by atoms with Gasteiger partial charge in [-0.3, -0.25) is 9.52 Å². The molecule has 0 saturated heterocycles. The molecule has 2 aromatic carbocycles. The Kier molecular flexibility index (Phi) is 6.79. The molecule has 0 atom stereocenters. The van der Waals surface area contributed by atoms with E-state index >= 15 is 0 Å². The van der Waals surface area contributed by atoms with E-state index in [1.165, 1.54) is 23.9 Å². The van der Waals surface area contributed by atoms with Crippen molar-refractivity contribution in [3.63, 3.8) is 0 Å². The number of carbonyl (C=O) groups is 1. The number of aryl methyl sites for hydroxylation is 1. The average Bonchev–Trinajstić information content (AvgIpc) is 3.16. The van der Waals surface area contributed by atoms with Crippen LogP contribution in [0, 0.1) is 12.8 Å². The predicted molar refractivity (Wildman–Crippen MR) is 123 cm³/mol. The number of sulfonamides is 1. The van der Waals surface area contributed by atoms with Gasteiger partial charge in [-0.15, -0.1) is 22.0 Å². The summed E-state index contributed by atoms with van der Waals surface area (Å²) in [4.78, 5) is 12.9. The van der Waals surface area contributed by atoms with Crippen molar-refractivity contribution in [1.82, 2.24) is 10.2 Å². The molecule has 10 heteroatoms. The first-order chi connectivity index (χ1) is 14.2. The third-order valence-corrected chi connectivity index (χ3v) is 7.36. The van der Waals surface area contributed by atoms with Crippen molar-refractivity contribution >= 4 is 49.8 Å². The van der Waals surface area contributed by atoms with Crippen molar-refractivity contribution in [3.05, 3.63) is 48.0 Å². The molecule has 158 valence electrons. The van der Waals surface area contributed by atoms with Crippen molar-refractivity contribution in [2.24, 2.45) is 5.92 Å². The minimum absolute atomic E-state index is 0.0337. The number of nitrogens with zero attached hydrogens (tertiary/aromatic N) is 2. The monoisotopic (exact) mass is 462 g/mol. The number of aromatic nitrogens is 2. The second-order valence-corrected chi connectivity index (χ2v) is 10.4. The number of amides is 1. The molecule has 0 fully saturated rings. The van der Waals surface area contributed by atoms with E-state index in [2.05, 4.69) is 20.2 Å². The molecule has 1 amide bonds. The quantitative estimate of drug-likeness (QED) is 0.497. The number of rotatable bonds is 7. The summed E-state index contributed by atoms with van der Waals surface area (Å²) in [6, 6.07) is 12.4. The molecule has 2 N–H and O–H groups in total. The molecule has 3 rings (SSSR count). The first kappa shape index (κ1) is 22.3. The minimum atomic E-state index is -3.90. The number of hydrogen-bond donors (Lipinski definition) is 2. The summed E-state index contributed by atoms with van der Waals surface area (Å²) in [5.74, 6) is -0.403. The zero-order chi connectivity index (χ0) is 21.9. The van der Waals surface area contributed by atoms with Crippen LogP contribution in [0.25, 0.3) is 10.6 Å². The third-order valence-electron chi connectivity index (χ3n) is 4.21. The van der Waals surface area contributed by atoms with Crippen LogP contribution in [-0.2, 0) is 14.8 Å². The zero-order valence-electron chi connectivity index (χ0n) is 17.0. The van der Waals surface area contributed by atoms with Gasteiger partial charge in [0.1, 0.15) is 5.01 Å². The summed E-state index contributed by atoms with van der Waals surface area (Å²) in [7, 11) is -3.90. The maximum atomic E-state index is 12.9. The maximum absolute atomic E-state index is 12.9. The number of hydrogen-bond acceptors (Lipinski definition) is 7. The summed E-state index contributed by atoms with van der Waals surface area (Å²) < 4.78 is 28.2. The fraction of sp³-hybridized carbons (Fsp3) is 0.250. The van der Waals surface area contributed by atoms with Crippen LogP contribution < -0.4 is 10.0 Å². The SMILES string of the molecule is CSc1ccc(S(=O)(=O)Nc2nnc(-c3ccc(C)cc3)s2)cc1NC(=O)C(C)C. The second kappa shape index (κ2) is 9.15. The van der Waals surface area contributed by atoms with E-state index in [-0.39, 0.29) is 21.9 Å². The summed E-state index contributed by atoms with van der Waals surface area (Å²) in [5.41, 5.74) is 2.45. The van der Waals surface area contributed by atoms with Crippen LogP contribution in [0.15, 0.2) is 52.3 Å². The Morgan fingerprint density at radius 1 is 1.10 bits per heavy atom. The highest BCUT2D eigenvalue weighted by Crippen LogP contribution is 2.31. The Bertz CT molecular complexity index is 1160. The molecule has 0 saturated carbocycles. The maximum Gasteiger partial charge on any atom is 0.263 e. The van der Waals surface area contributed by atoms with Gasteiger partial charge < -0.3 is 5.32 Å². The molecule has 0 unspecified atom stereocenters. The van der Waals surface area contributed by atoms with E-state index in [0.717, 1.165) is 27.4 Å². The molecule has 1 heterocycles. The fourth-order valence-electron chi connectivity index (χ4n) is 2.48. The molecule has 7 nitrogen and oxygen atoms in total. The summed E-state index contributed by atoms with van der Waals surface area (Å²) in [6.07, 6.45) is 1.86. The van der Waals surface area contributed by atoms with Gasteiger partial charge >= 0.3 is 0 Å². The summed E-state index contributed by atoms with van der Waals surface area (Å²) >= 11 is 2.58. The molecule has 0 radical (unpaired) electrons. The third kappa shape index (κ3) is 5.18. The predicted octanol–water partition coefficient (Wildman–Crippen LogP) is 4.63. The highest BCUT2D eigenvalue weighted by Gasteiger charge is 2.20. The molecular formula is C20H22N4O3S3. The number of carbonyl (C=O) groups excluding carboxylic acids is 1. The van der Waals surface area contributed by atoms with Gasteiger partial charge in [0, 0.05) is 16.4 Å². The lowest BCUT2D eigenvalue weighted by Crippen LogP contribution is -2.19. The molecule has 0 aliphatic carbocycles. The van der Waals surface area contributed by atoms with Crippen molar-refractivity contribution in [2.45, 2.75) is 30.6 Å². The van der Waals surface area contributed by atoms with Gasteiger partial charge in [0.2, 0.25) is 11.0 Å². The molecule has 0 aliphatic heterocycles. The minimum Gasteiger partial charge on any atom is -0.325 e. The van der Waals surface area contributed by atoms with E-state index in [9.17, 15) is 13.2 Å². The largest absolute Gasteiger partial charge is 0.325 e. The van der Waals surface area contributed by atoms with Crippen LogP contribution >= 0.6 is 23.1 Å². The lowest BCUT2D eigenvalue weighted by Gasteiger charge is -2.13. The van der Waals surface area contributed by atoms with Crippen LogP contribution in [0.5, 0.6) is 0 Å². The first-order valence-corrected chi connectivity index (χ1v) is 12.6. The van der Waals surface area contributed by atoms with Crippen molar-refractivity contribution in [2.75, 3.05) is 16.3 Å². The number of thioether (sulfide) groups is 1. The smallest absolute Gasteiger partial charge is 0.263 e. The average molecular weight is 463 g/mol. The van der Waals surface area contributed by atoms with Gasteiger partial charge in [-0.2, -0.15) is 0 Å². The van der Waals surface area contributed by atoms with Gasteiger partial charge in [-0.25, -0.2) is 8.42 Å². The lowest BCUT2D eigenvalue weighted by atomic mass is 10.2. The molecule has 3 aromatic rings. The van der Waals surface area contributed by atoms with Gasteiger partial charge in [0.15, 0.2) is 0 Å². The Hall–Kier alpha value is -2.43. The molecular weight excluding hydrogens is 440 g/mol. The Balaban J connectivity index is 1.85. The van der Waals surface area contributed by atoms with Crippen LogP contribution in [0.1, 0.15) is 19.4 Å². The number of nitrogens with one attached hydrogen (secondary N) is 2. The van der Waals surface area contributed by atoms with E-state index in [4.69, 9.17) is 0 Å². The molecule has 30 heavy (non-hydrogen) atoms. The van der Waals surface area contributed by atoms with Gasteiger partial charge in [0.25, 0.3) is 10.0 Å². The Morgan fingerprint density at radius 2 is 1.80 bits per heavy atom. The van der Waals surface area contributed by atoms with E-state index < -0.39 is 10.0 Å². The fourth-order valence-corrected chi connectivity index (χ4v) is 5.02. The molecule has 1 aromatic heterocycles. The topological polar surface area (TPSA) is 101 Å². The summed E-state index contributed by atoms with van der Waals surface area (Å²) in [5, 5.41) is 11.6. The van der Waals surface area contributed by atoms with Gasteiger partial charge in [-0.05, 0) is 31.4 Å². The van der Waals surface area contributed by atoms with Crippen LogP contribution in [0.3, 0.4) is 0 Å². The molecule has 0 bridgehead atoms. The standard InChI is InChI=1S/C20H22N4O3S3/c1-12(2)18(25)21-16-11-15(9-10-17(16)28-4)30(26,27)24-20-23-22-19(29-20)14-7-5-13(3)6-8-14/h5-12H,1-4H3,(H,21,25)(H,23,24). The van der Waals surface area contributed by atoms with Crippen LogP contribution in [0.4, 0.5) is 10.8 Å². The van der Waals surface area contributed by atoms with Crippen molar-refractivity contribution < 1.29 is 13.2 Å².